The van der Waals surface area contributed by atoms with Gasteiger partial charge in [0.05, 0.1) is 5.60 Å². The van der Waals surface area contributed by atoms with Crippen molar-refractivity contribution in [1.82, 2.24) is 4.98 Å². The zero-order chi connectivity index (χ0) is 10.6. The first kappa shape index (κ1) is 10.5. The lowest BCUT2D eigenvalue weighted by molar-refractivity contribution is 0.0944. The van der Waals surface area contributed by atoms with E-state index in [2.05, 4.69) is 10.3 Å². The van der Waals surface area contributed by atoms with Crippen LogP contribution in [0.15, 0.2) is 18.2 Å². The van der Waals surface area contributed by atoms with E-state index in [1.807, 2.05) is 6.07 Å². The van der Waals surface area contributed by atoms with Crippen LogP contribution in [0.3, 0.4) is 0 Å². The summed E-state index contributed by atoms with van der Waals surface area (Å²) < 4.78 is 0. The van der Waals surface area contributed by atoms with Crippen molar-refractivity contribution in [2.45, 2.75) is 19.4 Å². The molecule has 0 radical (unpaired) electrons. The highest BCUT2D eigenvalue weighted by molar-refractivity contribution is 5.38. The molecule has 0 aliphatic rings. The second kappa shape index (κ2) is 4.07. The number of anilines is 1. The Balaban J connectivity index is 2.65. The van der Waals surface area contributed by atoms with E-state index >= 15 is 0 Å². The SMILES string of the molecule is CC(C)(O)CNc1cccc(C#N)n1. The average Bonchev–Trinajstić information content (AvgIpc) is 2.14. The Morgan fingerprint density at radius 3 is 2.86 bits per heavy atom. The Hall–Kier alpha value is -1.60. The molecule has 0 saturated heterocycles. The van der Waals surface area contributed by atoms with E-state index in [-0.39, 0.29) is 0 Å². The van der Waals surface area contributed by atoms with Gasteiger partial charge in [0.25, 0.3) is 0 Å². The minimum atomic E-state index is -0.787. The molecule has 14 heavy (non-hydrogen) atoms. The molecule has 0 aliphatic heterocycles. The highest BCUT2D eigenvalue weighted by Gasteiger charge is 2.11. The predicted molar refractivity (Wildman–Crippen MR) is 53.7 cm³/mol. The van der Waals surface area contributed by atoms with Gasteiger partial charge in [-0.25, -0.2) is 4.98 Å². The van der Waals surface area contributed by atoms with Crippen LogP contribution in [0.4, 0.5) is 5.82 Å². The van der Waals surface area contributed by atoms with Crippen LogP contribution in [0, 0.1) is 11.3 Å². The molecule has 74 valence electrons. The largest absolute Gasteiger partial charge is 0.389 e. The highest BCUT2D eigenvalue weighted by Crippen LogP contribution is 2.07. The van der Waals surface area contributed by atoms with Crippen molar-refractivity contribution in [3.05, 3.63) is 23.9 Å². The fourth-order valence-corrected chi connectivity index (χ4v) is 0.902. The lowest BCUT2D eigenvalue weighted by atomic mass is 10.1. The molecular formula is C10H13N3O. The normalized spacial score (nSPS) is 10.7. The van der Waals surface area contributed by atoms with E-state index in [4.69, 9.17) is 5.26 Å². The Labute approximate surface area is 83.2 Å². The van der Waals surface area contributed by atoms with Crippen LogP contribution < -0.4 is 5.32 Å². The van der Waals surface area contributed by atoms with Gasteiger partial charge in [-0.1, -0.05) is 6.07 Å². The van der Waals surface area contributed by atoms with Crippen molar-refractivity contribution in [1.29, 1.82) is 5.26 Å². The zero-order valence-corrected chi connectivity index (χ0v) is 8.28. The molecule has 0 amide bonds. The lowest BCUT2D eigenvalue weighted by Crippen LogP contribution is -2.29. The van der Waals surface area contributed by atoms with Gasteiger partial charge in [0.1, 0.15) is 17.6 Å². The van der Waals surface area contributed by atoms with E-state index in [1.165, 1.54) is 0 Å². The van der Waals surface area contributed by atoms with Crippen LogP contribution in [0.1, 0.15) is 19.5 Å². The van der Waals surface area contributed by atoms with Crippen molar-refractivity contribution < 1.29 is 5.11 Å². The zero-order valence-electron chi connectivity index (χ0n) is 8.28. The van der Waals surface area contributed by atoms with Gasteiger partial charge in [-0.15, -0.1) is 0 Å². The molecular weight excluding hydrogens is 178 g/mol. The summed E-state index contributed by atoms with van der Waals surface area (Å²) in [6, 6.07) is 7.09. The van der Waals surface area contributed by atoms with Crippen LogP contribution >= 0.6 is 0 Å². The molecule has 0 bridgehead atoms. The third-order valence-corrected chi connectivity index (χ3v) is 1.57. The second-order valence-corrected chi connectivity index (χ2v) is 3.69. The fraction of sp³-hybridized carbons (Fsp3) is 0.400. The standard InChI is InChI=1S/C10H13N3O/c1-10(2,14)7-12-9-5-3-4-8(6-11)13-9/h3-5,14H,7H2,1-2H3,(H,12,13). The van der Waals surface area contributed by atoms with Crippen molar-refractivity contribution in [2.75, 3.05) is 11.9 Å². The topological polar surface area (TPSA) is 68.9 Å². The van der Waals surface area contributed by atoms with Crippen LogP contribution in [0.5, 0.6) is 0 Å². The summed E-state index contributed by atoms with van der Waals surface area (Å²) in [4.78, 5) is 4.01. The molecule has 0 atom stereocenters. The van der Waals surface area contributed by atoms with Crippen molar-refractivity contribution in [3.8, 4) is 6.07 Å². The molecule has 0 saturated carbocycles. The summed E-state index contributed by atoms with van der Waals surface area (Å²) in [5, 5.41) is 21.0. The van der Waals surface area contributed by atoms with E-state index < -0.39 is 5.60 Å². The quantitative estimate of drug-likeness (QED) is 0.751. The molecule has 0 aromatic carbocycles. The average molecular weight is 191 g/mol. The number of hydrogen-bond donors (Lipinski definition) is 2. The molecule has 1 rings (SSSR count). The Morgan fingerprint density at radius 2 is 2.29 bits per heavy atom. The maximum Gasteiger partial charge on any atom is 0.142 e. The number of nitriles is 1. The van der Waals surface area contributed by atoms with Crippen LogP contribution in [0.25, 0.3) is 0 Å². The number of nitrogens with one attached hydrogen (secondary N) is 1. The number of aromatic nitrogens is 1. The molecule has 0 fully saturated rings. The van der Waals surface area contributed by atoms with Gasteiger partial charge < -0.3 is 10.4 Å². The van der Waals surface area contributed by atoms with E-state index in [9.17, 15) is 5.11 Å². The number of pyridine rings is 1. The minimum Gasteiger partial charge on any atom is -0.389 e. The number of aliphatic hydroxyl groups is 1. The maximum absolute atomic E-state index is 9.45. The second-order valence-electron chi connectivity index (χ2n) is 3.69. The van der Waals surface area contributed by atoms with E-state index in [1.54, 1.807) is 32.0 Å². The van der Waals surface area contributed by atoms with Gasteiger partial charge in [-0.2, -0.15) is 5.26 Å². The summed E-state index contributed by atoms with van der Waals surface area (Å²) in [5.41, 5.74) is -0.421. The molecule has 0 aliphatic carbocycles. The summed E-state index contributed by atoms with van der Waals surface area (Å²) in [5.74, 6) is 0.603. The summed E-state index contributed by atoms with van der Waals surface area (Å²) in [6.45, 7) is 3.80. The lowest BCUT2D eigenvalue weighted by Gasteiger charge is -2.17. The fourth-order valence-electron chi connectivity index (χ4n) is 0.902. The molecule has 2 N–H and O–H groups in total. The number of hydrogen-bond acceptors (Lipinski definition) is 4. The predicted octanol–water partition coefficient (Wildman–Crippen LogP) is 1.14. The molecule has 1 heterocycles. The molecule has 1 aromatic heterocycles. The first-order valence-corrected chi connectivity index (χ1v) is 4.35. The van der Waals surface area contributed by atoms with Crippen molar-refractivity contribution in [2.24, 2.45) is 0 Å². The number of nitrogens with zero attached hydrogens (tertiary/aromatic N) is 2. The van der Waals surface area contributed by atoms with Crippen LogP contribution in [-0.4, -0.2) is 22.2 Å². The molecule has 4 nitrogen and oxygen atoms in total. The van der Waals surface area contributed by atoms with Gasteiger partial charge in [-0.05, 0) is 26.0 Å². The highest BCUT2D eigenvalue weighted by atomic mass is 16.3. The molecule has 0 unspecified atom stereocenters. The first-order valence-electron chi connectivity index (χ1n) is 4.35. The smallest absolute Gasteiger partial charge is 0.142 e. The minimum absolute atomic E-state index is 0.366. The Kier molecular flexibility index (Phi) is 3.05. The molecule has 0 spiro atoms. The molecule has 4 heteroatoms. The summed E-state index contributed by atoms with van der Waals surface area (Å²) in [7, 11) is 0. The van der Waals surface area contributed by atoms with Gasteiger partial charge >= 0.3 is 0 Å². The first-order chi connectivity index (χ1) is 6.51. The van der Waals surface area contributed by atoms with Crippen molar-refractivity contribution in [3.63, 3.8) is 0 Å². The van der Waals surface area contributed by atoms with E-state index in [0.717, 1.165) is 0 Å². The van der Waals surface area contributed by atoms with Gasteiger partial charge in [0, 0.05) is 6.54 Å². The Morgan fingerprint density at radius 1 is 1.57 bits per heavy atom. The van der Waals surface area contributed by atoms with Gasteiger partial charge in [0.15, 0.2) is 0 Å². The maximum atomic E-state index is 9.45. The van der Waals surface area contributed by atoms with E-state index in [0.29, 0.717) is 18.1 Å². The van der Waals surface area contributed by atoms with Crippen LogP contribution in [0.2, 0.25) is 0 Å². The monoisotopic (exact) mass is 191 g/mol. The third-order valence-electron chi connectivity index (χ3n) is 1.57. The molecule has 1 aromatic rings. The third kappa shape index (κ3) is 3.42. The Bertz CT molecular complexity index is 349. The van der Waals surface area contributed by atoms with Crippen molar-refractivity contribution >= 4 is 5.82 Å². The summed E-state index contributed by atoms with van der Waals surface area (Å²) in [6.07, 6.45) is 0. The van der Waals surface area contributed by atoms with Gasteiger partial charge in [0.2, 0.25) is 0 Å². The van der Waals surface area contributed by atoms with Gasteiger partial charge in [-0.3, -0.25) is 0 Å². The van der Waals surface area contributed by atoms with Crippen LogP contribution in [-0.2, 0) is 0 Å². The summed E-state index contributed by atoms with van der Waals surface area (Å²) >= 11 is 0. The number of rotatable bonds is 3.